The number of benzene rings is 5. The summed E-state index contributed by atoms with van der Waals surface area (Å²) in [6.45, 7) is 1.09. The predicted octanol–water partition coefficient (Wildman–Crippen LogP) is 9.27. The molecule has 0 spiro atoms. The molecule has 2 heteroatoms. The summed E-state index contributed by atoms with van der Waals surface area (Å²) in [7, 11) is 0. The van der Waals surface area contributed by atoms with Crippen molar-refractivity contribution < 1.29 is 8.82 Å². The molecule has 3 aliphatic heterocycles. The molecule has 0 atom stereocenters. The monoisotopic (exact) mass is 618 g/mol. The lowest BCUT2D eigenvalue weighted by Gasteiger charge is -2.12. The lowest BCUT2D eigenvalue weighted by molar-refractivity contribution is -0.518. The van der Waals surface area contributed by atoms with Crippen molar-refractivity contribution in [3.8, 4) is 0 Å². The zero-order chi connectivity index (χ0) is 31.9. The molecule has 0 fully saturated rings. The molecule has 9 rings (SSSR count). The van der Waals surface area contributed by atoms with Gasteiger partial charge in [-0.25, -0.2) is 4.58 Å². The topological polar surface area (TPSA) is 8.91 Å². The van der Waals surface area contributed by atoms with Gasteiger partial charge >= 0.3 is 0 Å². The standard InChI is InChI=1S/C46H38N2/c1-3-11-38-29-33(18-21-36(38)9-1)16-17-35-24-28-48-27-8-14-42-40(23-20-34-19-22-37-10-2-4-12-39(37)30-34)32-41-13-7-26-47-25-6-5-15-43(47)45(41)46(42)44(48)31-35/h1-4,8-12,14,16-25,27-32H,5-7,13,15,26H2/q+2/b17-16+,23-20+. The molecular weight excluding hydrogens is 581 g/mol. The van der Waals surface area contributed by atoms with Crippen molar-refractivity contribution in [2.75, 3.05) is 6.54 Å². The number of aromatic nitrogens is 1. The van der Waals surface area contributed by atoms with Crippen LogP contribution in [0, 0.1) is 16.8 Å². The normalized spacial score (nSPS) is 15.4. The van der Waals surface area contributed by atoms with Gasteiger partial charge in [0.15, 0.2) is 18.1 Å². The number of pyridine rings is 1. The third-order valence-electron chi connectivity index (χ3n) is 10.2. The lowest BCUT2D eigenvalue weighted by Crippen LogP contribution is -2.27. The first-order chi connectivity index (χ1) is 23.8. The SMILES string of the molecule is C1=Cc2c(/C=C/c3ccc4ccccc4c3)cc3c(c2=c2cc(/C=C/c4ccc5ccccc5c4)cc[n+]2=C1)=C1CCCC=[N+]1CCC3. The largest absolute Gasteiger partial charge is 0.219 e. The minimum atomic E-state index is 1.09. The van der Waals surface area contributed by atoms with E-state index >= 15 is 0 Å². The van der Waals surface area contributed by atoms with E-state index < -0.39 is 0 Å². The molecule has 0 saturated heterocycles. The molecule has 0 unspecified atom stereocenters. The summed E-state index contributed by atoms with van der Waals surface area (Å²) in [5, 5.41) is 9.14. The maximum absolute atomic E-state index is 2.58. The first-order valence-electron chi connectivity index (χ1n) is 17.3. The van der Waals surface area contributed by atoms with E-state index in [4.69, 9.17) is 0 Å². The Morgan fingerprint density at radius 2 is 1.27 bits per heavy atom. The quantitative estimate of drug-likeness (QED) is 0.138. The molecular formula is C46H38N2+2. The van der Waals surface area contributed by atoms with E-state index in [1.165, 1.54) is 82.8 Å². The number of nitrogens with zero attached hydrogens (tertiary/aromatic N) is 2. The van der Waals surface area contributed by atoms with Crippen molar-refractivity contribution in [3.63, 3.8) is 0 Å². The molecule has 5 aromatic carbocycles. The van der Waals surface area contributed by atoms with Crippen LogP contribution in [0.4, 0.5) is 0 Å². The second-order valence-electron chi connectivity index (χ2n) is 13.2. The van der Waals surface area contributed by atoms with Gasteiger partial charge in [-0.15, -0.1) is 0 Å². The van der Waals surface area contributed by atoms with Gasteiger partial charge in [0.05, 0.1) is 10.4 Å². The number of hydrogen-bond donors (Lipinski definition) is 0. The van der Waals surface area contributed by atoms with Crippen LogP contribution in [-0.2, 0) is 6.42 Å². The Morgan fingerprint density at radius 3 is 2.02 bits per heavy atom. The van der Waals surface area contributed by atoms with E-state index in [0.717, 1.165) is 32.2 Å². The van der Waals surface area contributed by atoms with Crippen LogP contribution in [-0.4, -0.2) is 17.3 Å². The average molecular weight is 619 g/mol. The van der Waals surface area contributed by atoms with Crippen molar-refractivity contribution in [3.05, 3.63) is 171 Å². The third-order valence-corrected chi connectivity index (χ3v) is 10.2. The van der Waals surface area contributed by atoms with E-state index in [2.05, 4.69) is 167 Å². The van der Waals surface area contributed by atoms with Crippen LogP contribution < -0.4 is 9.46 Å². The minimum Gasteiger partial charge on any atom is -0.206 e. The molecule has 0 aliphatic carbocycles. The van der Waals surface area contributed by atoms with Gasteiger partial charge in [-0.1, -0.05) is 103 Å². The average Bonchev–Trinajstić information content (AvgIpc) is 3.44. The number of aryl methyl sites for hydroxylation is 1. The van der Waals surface area contributed by atoms with Crippen LogP contribution in [0.25, 0.3) is 57.6 Å². The van der Waals surface area contributed by atoms with Gasteiger partial charge in [-0.3, -0.25) is 0 Å². The second kappa shape index (κ2) is 12.2. The summed E-state index contributed by atoms with van der Waals surface area (Å²) in [6.07, 6.45) is 26.3. The Labute approximate surface area is 281 Å². The molecule has 0 saturated carbocycles. The number of rotatable bonds is 4. The molecule has 3 aliphatic rings. The predicted molar refractivity (Wildman–Crippen MR) is 202 cm³/mol. The van der Waals surface area contributed by atoms with Gasteiger partial charge in [0.2, 0.25) is 5.35 Å². The van der Waals surface area contributed by atoms with E-state index in [9.17, 15) is 0 Å². The highest BCUT2D eigenvalue weighted by Gasteiger charge is 2.25. The Hall–Kier alpha value is -5.60. The highest BCUT2D eigenvalue weighted by Crippen LogP contribution is 2.25. The van der Waals surface area contributed by atoms with Crippen molar-refractivity contribution in [1.29, 1.82) is 0 Å². The van der Waals surface area contributed by atoms with E-state index in [1.54, 1.807) is 0 Å². The van der Waals surface area contributed by atoms with Gasteiger partial charge in [0, 0.05) is 37.5 Å². The van der Waals surface area contributed by atoms with Crippen LogP contribution in [0.2, 0.25) is 0 Å². The lowest BCUT2D eigenvalue weighted by atomic mass is 9.93. The van der Waals surface area contributed by atoms with E-state index in [1.807, 2.05) is 0 Å². The summed E-state index contributed by atoms with van der Waals surface area (Å²) in [5.74, 6) is 0. The summed E-state index contributed by atoms with van der Waals surface area (Å²) < 4.78 is 4.89. The first kappa shape index (κ1) is 28.6. The smallest absolute Gasteiger partial charge is 0.206 e. The Bertz CT molecular complexity index is 2620. The Kier molecular flexibility index (Phi) is 7.28. The summed E-state index contributed by atoms with van der Waals surface area (Å²) in [4.78, 5) is 0. The molecule has 2 nitrogen and oxygen atoms in total. The molecule has 230 valence electrons. The summed E-state index contributed by atoms with van der Waals surface area (Å²) in [5.41, 5.74) is 9.17. The zero-order valence-corrected chi connectivity index (χ0v) is 27.1. The van der Waals surface area contributed by atoms with Gasteiger partial charge in [-0.05, 0) is 86.0 Å². The molecule has 0 N–H and O–H groups in total. The van der Waals surface area contributed by atoms with Crippen molar-refractivity contribution in [2.24, 2.45) is 0 Å². The Morgan fingerprint density at radius 1 is 0.583 bits per heavy atom. The maximum atomic E-state index is 2.58. The summed E-state index contributed by atoms with van der Waals surface area (Å²) in [6, 6.07) is 37.7. The maximum Gasteiger partial charge on any atom is 0.219 e. The fourth-order valence-corrected chi connectivity index (χ4v) is 7.79. The fourth-order valence-electron chi connectivity index (χ4n) is 7.79. The molecule has 0 bridgehead atoms. The minimum absolute atomic E-state index is 1.09. The van der Waals surface area contributed by atoms with Crippen molar-refractivity contribution >= 4 is 63.8 Å². The van der Waals surface area contributed by atoms with Gasteiger partial charge in [0.1, 0.15) is 12.8 Å². The molecule has 4 heterocycles. The van der Waals surface area contributed by atoms with Crippen LogP contribution in [0.5, 0.6) is 0 Å². The van der Waals surface area contributed by atoms with Crippen molar-refractivity contribution in [2.45, 2.75) is 32.1 Å². The van der Waals surface area contributed by atoms with Gasteiger partial charge < -0.3 is 0 Å². The summed E-state index contributed by atoms with van der Waals surface area (Å²) >= 11 is 0. The number of allylic oxidation sites excluding steroid dienone is 1. The fraction of sp³-hybridized carbons (Fsp3) is 0.130. The van der Waals surface area contributed by atoms with Crippen LogP contribution in [0.3, 0.4) is 0 Å². The number of hydrogen-bond acceptors (Lipinski definition) is 0. The molecule has 1 aromatic heterocycles. The van der Waals surface area contributed by atoms with E-state index in [-0.39, 0.29) is 0 Å². The van der Waals surface area contributed by atoms with E-state index in [0.29, 0.717) is 0 Å². The third kappa shape index (κ3) is 5.34. The first-order valence-corrected chi connectivity index (χ1v) is 17.3. The molecule has 6 aromatic rings. The molecule has 0 radical (unpaired) electrons. The number of fused-ring (bicyclic) bond motifs is 7. The molecule has 48 heavy (non-hydrogen) atoms. The second-order valence-corrected chi connectivity index (χ2v) is 13.2. The zero-order valence-electron chi connectivity index (χ0n) is 27.1. The molecule has 0 amide bonds. The van der Waals surface area contributed by atoms with Crippen LogP contribution in [0.1, 0.15) is 59.1 Å². The van der Waals surface area contributed by atoms with Crippen LogP contribution >= 0.6 is 0 Å². The Balaban J connectivity index is 1.28. The van der Waals surface area contributed by atoms with Gasteiger partial charge in [0.25, 0.3) is 0 Å². The van der Waals surface area contributed by atoms with Crippen molar-refractivity contribution in [1.82, 2.24) is 0 Å². The van der Waals surface area contributed by atoms with Crippen LogP contribution in [0.15, 0.2) is 115 Å². The van der Waals surface area contributed by atoms with Gasteiger partial charge in [-0.2, -0.15) is 4.24 Å². The highest BCUT2D eigenvalue weighted by atomic mass is 15.0. The highest BCUT2D eigenvalue weighted by molar-refractivity contribution is 5.87.